The Morgan fingerprint density at radius 2 is 1.90 bits per heavy atom. The van der Waals surface area contributed by atoms with E-state index in [2.05, 4.69) is 41.7 Å². The van der Waals surface area contributed by atoms with E-state index in [1.807, 2.05) is 14.0 Å². The predicted molar refractivity (Wildman–Crippen MR) is 122 cm³/mol. The van der Waals surface area contributed by atoms with Gasteiger partial charge >= 0.3 is 0 Å². The number of benzene rings is 1. The smallest absolute Gasteiger partial charge is 0.148 e. The fraction of sp³-hybridized carbons (Fsp3) is 0.435. The van der Waals surface area contributed by atoms with Gasteiger partial charge in [-0.1, -0.05) is 31.2 Å². The first-order valence-electron chi connectivity index (χ1n) is 10.4. The van der Waals surface area contributed by atoms with E-state index in [0.717, 1.165) is 12.1 Å². The Morgan fingerprint density at radius 1 is 1.23 bits per heavy atom. The average molecular weight is 439 g/mol. The molecule has 8 heteroatoms. The number of anilines is 1. The summed E-state index contributed by atoms with van der Waals surface area (Å²) in [6, 6.07) is 12.2. The van der Waals surface area contributed by atoms with Gasteiger partial charge < -0.3 is 16.0 Å². The molecule has 1 fully saturated rings. The minimum atomic E-state index is -1.17. The fourth-order valence-corrected chi connectivity index (χ4v) is 4.70. The molecular formula is C23H27FN6S. The van der Waals surface area contributed by atoms with Crippen LogP contribution < -0.4 is 16.0 Å². The Balaban J connectivity index is 1.93. The lowest BCUT2D eigenvalue weighted by Crippen LogP contribution is -2.49. The molecule has 162 valence electrons. The van der Waals surface area contributed by atoms with Crippen LogP contribution >= 0.6 is 11.8 Å². The summed E-state index contributed by atoms with van der Waals surface area (Å²) in [5, 5.41) is 23.3. The van der Waals surface area contributed by atoms with Crippen LogP contribution in [0.5, 0.6) is 0 Å². The number of thioether (sulfide) groups is 1. The van der Waals surface area contributed by atoms with E-state index in [0.29, 0.717) is 52.7 Å². The van der Waals surface area contributed by atoms with Crippen molar-refractivity contribution in [3.05, 3.63) is 52.1 Å². The molecule has 1 aromatic heterocycles. The maximum atomic E-state index is 14.3. The largest absolute Gasteiger partial charge is 0.352 e. The molecule has 3 N–H and O–H groups in total. The van der Waals surface area contributed by atoms with Crippen molar-refractivity contribution in [2.24, 2.45) is 5.73 Å². The maximum absolute atomic E-state index is 14.3. The van der Waals surface area contributed by atoms with Crippen LogP contribution in [-0.4, -0.2) is 37.3 Å². The van der Waals surface area contributed by atoms with Gasteiger partial charge in [0.25, 0.3) is 0 Å². The van der Waals surface area contributed by atoms with Crippen LogP contribution in [0.15, 0.2) is 29.3 Å². The number of halogens is 1. The monoisotopic (exact) mass is 438 g/mol. The molecule has 3 rings (SSSR count). The highest BCUT2D eigenvalue weighted by molar-refractivity contribution is 7.98. The van der Waals surface area contributed by atoms with E-state index in [9.17, 15) is 14.9 Å². The lowest BCUT2D eigenvalue weighted by Gasteiger charge is -2.34. The van der Waals surface area contributed by atoms with Crippen molar-refractivity contribution in [2.75, 3.05) is 25.0 Å². The number of nitrogens with one attached hydrogen (secondary N) is 1. The highest BCUT2D eigenvalue weighted by atomic mass is 32.2. The van der Waals surface area contributed by atoms with E-state index in [1.54, 1.807) is 4.90 Å². The summed E-state index contributed by atoms with van der Waals surface area (Å²) in [4.78, 5) is 6.49. The van der Waals surface area contributed by atoms with E-state index in [4.69, 9.17) is 10.7 Å². The Hall–Kier alpha value is -2.65. The van der Waals surface area contributed by atoms with Crippen molar-refractivity contribution in [1.82, 2.24) is 10.3 Å². The van der Waals surface area contributed by atoms with Crippen molar-refractivity contribution in [3.63, 3.8) is 0 Å². The third-order valence-corrected chi connectivity index (χ3v) is 6.54. The third-order valence-electron chi connectivity index (χ3n) is 5.50. The Morgan fingerprint density at radius 3 is 2.48 bits per heavy atom. The summed E-state index contributed by atoms with van der Waals surface area (Å²) in [7, 11) is 1.91. The molecule has 2 heterocycles. The molecule has 0 amide bonds. The van der Waals surface area contributed by atoms with Crippen molar-refractivity contribution >= 4 is 17.6 Å². The summed E-state index contributed by atoms with van der Waals surface area (Å²) in [5.74, 6) is 1.10. The van der Waals surface area contributed by atoms with Crippen LogP contribution in [0.4, 0.5) is 10.2 Å². The molecule has 0 spiro atoms. The number of piperidine rings is 1. The normalized spacial score (nSPS) is 18.5. The minimum absolute atomic E-state index is 0.106. The minimum Gasteiger partial charge on any atom is -0.352 e. The summed E-state index contributed by atoms with van der Waals surface area (Å²) < 4.78 is 14.3. The maximum Gasteiger partial charge on any atom is 0.148 e. The summed E-state index contributed by atoms with van der Waals surface area (Å²) >= 11 is 1.47. The van der Waals surface area contributed by atoms with Crippen molar-refractivity contribution in [2.45, 2.75) is 49.3 Å². The van der Waals surface area contributed by atoms with Gasteiger partial charge in [0.15, 0.2) is 0 Å². The Labute approximate surface area is 187 Å². The molecule has 0 radical (unpaired) electrons. The lowest BCUT2D eigenvalue weighted by atomic mass is 9.99. The first kappa shape index (κ1) is 23.0. The molecule has 1 aromatic carbocycles. The second-order valence-electron chi connectivity index (χ2n) is 7.60. The van der Waals surface area contributed by atoms with Gasteiger partial charge in [0.1, 0.15) is 29.2 Å². The van der Waals surface area contributed by atoms with Gasteiger partial charge in [0.05, 0.1) is 17.7 Å². The SMILES string of the molecule is CCc1c(C#N)c(SCc2ccc(CNC)cc2)nc(N2CCC(N)C(F)C2)c1C#N. The first-order valence-corrected chi connectivity index (χ1v) is 11.4. The second kappa shape index (κ2) is 10.6. The highest BCUT2D eigenvalue weighted by Crippen LogP contribution is 2.34. The molecule has 2 atom stereocenters. The number of nitrogens with two attached hydrogens (primary N) is 1. The molecule has 6 nitrogen and oxygen atoms in total. The zero-order valence-electron chi connectivity index (χ0n) is 17.9. The van der Waals surface area contributed by atoms with Gasteiger partial charge in [-0.05, 0) is 36.6 Å². The number of alkyl halides is 1. The number of nitriles is 2. The summed E-state index contributed by atoms with van der Waals surface area (Å²) in [5.41, 5.74) is 9.61. The van der Waals surface area contributed by atoms with Crippen LogP contribution in [0.2, 0.25) is 0 Å². The molecule has 2 aromatic rings. The topological polar surface area (TPSA) is 102 Å². The quantitative estimate of drug-likeness (QED) is 0.640. The van der Waals surface area contributed by atoms with Gasteiger partial charge in [-0.3, -0.25) is 0 Å². The standard InChI is InChI=1S/C23H27FN6S/c1-3-17-18(10-25)22(30-9-8-21(27)20(24)13-30)29-23(19(17)11-26)31-14-16-6-4-15(5-7-16)12-28-2/h4-7,20-21,28H,3,8-9,12-14,27H2,1-2H3. The van der Waals surface area contributed by atoms with Gasteiger partial charge in [-0.25, -0.2) is 9.37 Å². The zero-order chi connectivity index (χ0) is 22.4. The van der Waals surface area contributed by atoms with Crippen molar-refractivity contribution in [1.29, 1.82) is 10.5 Å². The number of rotatable bonds is 7. The molecule has 0 aliphatic carbocycles. The van der Waals surface area contributed by atoms with Crippen LogP contribution in [0.25, 0.3) is 0 Å². The average Bonchev–Trinajstić information content (AvgIpc) is 2.79. The number of nitrogens with zero attached hydrogens (tertiary/aromatic N) is 4. The zero-order valence-corrected chi connectivity index (χ0v) is 18.7. The van der Waals surface area contributed by atoms with Crippen LogP contribution in [0.1, 0.15) is 41.2 Å². The number of aromatic nitrogens is 1. The van der Waals surface area contributed by atoms with E-state index < -0.39 is 12.2 Å². The van der Waals surface area contributed by atoms with Gasteiger partial charge in [0.2, 0.25) is 0 Å². The van der Waals surface area contributed by atoms with E-state index in [1.165, 1.54) is 17.3 Å². The molecule has 2 unspecified atom stereocenters. The lowest BCUT2D eigenvalue weighted by molar-refractivity contribution is 0.250. The third kappa shape index (κ3) is 5.16. The van der Waals surface area contributed by atoms with Crippen LogP contribution in [0.3, 0.4) is 0 Å². The number of hydrogen-bond acceptors (Lipinski definition) is 7. The van der Waals surface area contributed by atoms with Crippen molar-refractivity contribution in [3.8, 4) is 12.1 Å². The number of hydrogen-bond donors (Lipinski definition) is 2. The Bertz CT molecular complexity index is 995. The molecule has 1 aliphatic rings. The van der Waals surface area contributed by atoms with Gasteiger partial charge in [-0.2, -0.15) is 10.5 Å². The fourth-order valence-electron chi connectivity index (χ4n) is 3.74. The van der Waals surface area contributed by atoms with Crippen LogP contribution in [0, 0.1) is 22.7 Å². The second-order valence-corrected chi connectivity index (χ2v) is 8.56. The number of pyridine rings is 1. The van der Waals surface area contributed by atoms with E-state index >= 15 is 0 Å². The van der Waals surface area contributed by atoms with Crippen LogP contribution in [-0.2, 0) is 18.7 Å². The van der Waals surface area contributed by atoms with Gasteiger partial charge in [0, 0.05) is 24.9 Å². The van der Waals surface area contributed by atoms with Gasteiger partial charge in [-0.15, -0.1) is 11.8 Å². The first-order chi connectivity index (χ1) is 15.0. The molecular weight excluding hydrogens is 411 g/mol. The molecule has 31 heavy (non-hydrogen) atoms. The summed E-state index contributed by atoms with van der Waals surface area (Å²) in [6.07, 6.45) is -0.147. The predicted octanol–water partition coefficient (Wildman–Crippen LogP) is 3.27. The molecule has 1 saturated heterocycles. The van der Waals surface area contributed by atoms with E-state index in [-0.39, 0.29) is 6.54 Å². The highest BCUT2D eigenvalue weighted by Gasteiger charge is 2.30. The molecule has 0 saturated carbocycles. The molecule has 1 aliphatic heterocycles. The van der Waals surface area contributed by atoms with Crippen molar-refractivity contribution < 1.29 is 4.39 Å². The Kier molecular flexibility index (Phi) is 7.86. The summed E-state index contributed by atoms with van der Waals surface area (Å²) in [6.45, 7) is 3.37. The molecule has 0 bridgehead atoms.